The molecule has 4 rings (SSSR count). The number of carboxylic acids is 1. The van der Waals surface area contributed by atoms with Crippen LogP contribution in [-0.4, -0.2) is 61.3 Å². The standard InChI is InChI=1S/C27H27N3O5/c1-30(2)15-24(25(31)28-23-14-8-7-13-21(23)26(32)33)29-27(34)35-16-22-19-11-5-3-9-17(19)18-10-4-6-12-20(18)22/h3-14,22,24H,15-16H2,1-2H3,(H,28,31)(H,29,34)(H,32,33)/t24-/m0/s1. The number of carbonyl (C=O) groups is 3. The topological polar surface area (TPSA) is 108 Å². The molecule has 0 fully saturated rings. The quantitative estimate of drug-likeness (QED) is 0.459. The minimum Gasteiger partial charge on any atom is -0.478 e. The van der Waals surface area contributed by atoms with E-state index in [0.29, 0.717) is 0 Å². The average molecular weight is 474 g/mol. The zero-order chi connectivity index (χ0) is 24.9. The lowest BCUT2D eigenvalue weighted by Gasteiger charge is -2.22. The van der Waals surface area contributed by atoms with Crippen LogP contribution in [0.1, 0.15) is 27.4 Å². The van der Waals surface area contributed by atoms with E-state index in [4.69, 9.17) is 4.74 Å². The van der Waals surface area contributed by atoms with Crippen molar-refractivity contribution >= 4 is 23.7 Å². The Morgan fingerprint density at radius 2 is 1.49 bits per heavy atom. The molecule has 8 nitrogen and oxygen atoms in total. The van der Waals surface area contributed by atoms with E-state index in [1.54, 1.807) is 31.1 Å². The number of ether oxygens (including phenoxy) is 1. The Morgan fingerprint density at radius 3 is 2.09 bits per heavy atom. The van der Waals surface area contributed by atoms with Crippen molar-refractivity contribution in [2.45, 2.75) is 12.0 Å². The molecule has 0 unspecified atom stereocenters. The Kier molecular flexibility index (Phi) is 7.12. The number of rotatable bonds is 8. The van der Waals surface area contributed by atoms with E-state index in [1.807, 2.05) is 36.4 Å². The number of hydrogen-bond acceptors (Lipinski definition) is 5. The number of nitrogens with zero attached hydrogens (tertiary/aromatic N) is 1. The lowest BCUT2D eigenvalue weighted by Crippen LogP contribution is -2.49. The van der Waals surface area contributed by atoms with Gasteiger partial charge in [0, 0.05) is 12.5 Å². The molecule has 1 aliphatic rings. The van der Waals surface area contributed by atoms with E-state index >= 15 is 0 Å². The largest absolute Gasteiger partial charge is 0.478 e. The smallest absolute Gasteiger partial charge is 0.407 e. The molecule has 0 heterocycles. The first-order valence-electron chi connectivity index (χ1n) is 11.2. The summed E-state index contributed by atoms with van der Waals surface area (Å²) in [5, 5.41) is 14.6. The van der Waals surface area contributed by atoms with Crippen molar-refractivity contribution in [1.29, 1.82) is 0 Å². The van der Waals surface area contributed by atoms with E-state index in [2.05, 4.69) is 22.8 Å². The summed E-state index contributed by atoms with van der Waals surface area (Å²) in [6.45, 7) is 0.323. The zero-order valence-corrected chi connectivity index (χ0v) is 19.5. The van der Waals surface area contributed by atoms with E-state index in [1.165, 1.54) is 12.1 Å². The van der Waals surface area contributed by atoms with Gasteiger partial charge in [-0.25, -0.2) is 9.59 Å². The van der Waals surface area contributed by atoms with Gasteiger partial charge in [0.2, 0.25) is 5.91 Å². The van der Waals surface area contributed by atoms with Gasteiger partial charge in [-0.15, -0.1) is 0 Å². The number of fused-ring (bicyclic) bond motifs is 3. The van der Waals surface area contributed by atoms with Gasteiger partial charge in [0.15, 0.2) is 0 Å². The lowest BCUT2D eigenvalue weighted by atomic mass is 9.98. The third-order valence-corrected chi connectivity index (χ3v) is 5.92. The number of hydrogen-bond donors (Lipinski definition) is 3. The van der Waals surface area contributed by atoms with Crippen LogP contribution in [0.25, 0.3) is 11.1 Å². The molecule has 3 aromatic rings. The average Bonchev–Trinajstić information content (AvgIpc) is 3.16. The monoisotopic (exact) mass is 473 g/mol. The Morgan fingerprint density at radius 1 is 0.914 bits per heavy atom. The second-order valence-electron chi connectivity index (χ2n) is 8.62. The van der Waals surface area contributed by atoms with Crippen LogP contribution in [0, 0.1) is 0 Å². The molecule has 0 spiro atoms. The highest BCUT2D eigenvalue weighted by Gasteiger charge is 2.30. The van der Waals surface area contributed by atoms with Gasteiger partial charge in [0.1, 0.15) is 12.6 Å². The van der Waals surface area contributed by atoms with Crippen LogP contribution in [0.5, 0.6) is 0 Å². The fourth-order valence-electron chi connectivity index (χ4n) is 4.34. The first-order valence-corrected chi connectivity index (χ1v) is 11.2. The number of carboxylic acid groups (broad SMARTS) is 1. The molecule has 1 aliphatic carbocycles. The molecule has 0 bridgehead atoms. The summed E-state index contributed by atoms with van der Waals surface area (Å²) in [5.74, 6) is -1.80. The maximum atomic E-state index is 12.9. The molecule has 0 aromatic heterocycles. The number of aromatic carboxylic acids is 1. The summed E-state index contributed by atoms with van der Waals surface area (Å²) >= 11 is 0. The number of para-hydroxylation sites is 1. The highest BCUT2D eigenvalue weighted by Crippen LogP contribution is 2.44. The summed E-state index contributed by atoms with van der Waals surface area (Å²) in [6, 6.07) is 21.2. The van der Waals surface area contributed by atoms with Gasteiger partial charge in [-0.05, 0) is 48.5 Å². The SMILES string of the molecule is CN(C)C[C@H](NC(=O)OCC1c2ccccc2-c2ccccc21)C(=O)Nc1ccccc1C(=O)O. The number of anilines is 1. The predicted molar refractivity (Wildman–Crippen MR) is 133 cm³/mol. The second-order valence-corrected chi connectivity index (χ2v) is 8.62. The van der Waals surface area contributed by atoms with Crippen LogP contribution < -0.4 is 10.6 Å². The van der Waals surface area contributed by atoms with Crippen molar-refractivity contribution in [2.75, 3.05) is 32.6 Å². The number of amides is 2. The Hall–Kier alpha value is -4.17. The molecule has 180 valence electrons. The Labute approximate surface area is 203 Å². The molecule has 0 aliphatic heterocycles. The van der Waals surface area contributed by atoms with Crippen LogP contribution in [-0.2, 0) is 9.53 Å². The fourth-order valence-corrected chi connectivity index (χ4v) is 4.34. The van der Waals surface area contributed by atoms with Gasteiger partial charge in [-0.2, -0.15) is 0 Å². The highest BCUT2D eigenvalue weighted by atomic mass is 16.5. The number of nitrogens with one attached hydrogen (secondary N) is 2. The van der Waals surface area contributed by atoms with Gasteiger partial charge in [0.25, 0.3) is 0 Å². The summed E-state index contributed by atoms with van der Waals surface area (Å²) in [7, 11) is 3.54. The maximum Gasteiger partial charge on any atom is 0.407 e. The summed E-state index contributed by atoms with van der Waals surface area (Å²) in [4.78, 5) is 38.9. The number of alkyl carbamates (subject to hydrolysis) is 1. The van der Waals surface area contributed by atoms with Crippen molar-refractivity contribution in [3.8, 4) is 11.1 Å². The molecule has 1 atom stereocenters. The van der Waals surface area contributed by atoms with E-state index in [0.717, 1.165) is 22.3 Å². The minimum atomic E-state index is -1.16. The maximum absolute atomic E-state index is 12.9. The van der Waals surface area contributed by atoms with E-state index in [-0.39, 0.29) is 30.3 Å². The van der Waals surface area contributed by atoms with Crippen molar-refractivity contribution in [2.24, 2.45) is 0 Å². The molecule has 0 saturated heterocycles. The van der Waals surface area contributed by atoms with Crippen LogP contribution in [0.3, 0.4) is 0 Å². The van der Waals surface area contributed by atoms with Gasteiger partial charge >= 0.3 is 12.1 Å². The molecule has 8 heteroatoms. The zero-order valence-electron chi connectivity index (χ0n) is 19.5. The molecule has 0 radical (unpaired) electrons. The van der Waals surface area contributed by atoms with Gasteiger partial charge in [-0.3, -0.25) is 4.79 Å². The van der Waals surface area contributed by atoms with Crippen molar-refractivity contribution in [3.63, 3.8) is 0 Å². The van der Waals surface area contributed by atoms with Crippen LogP contribution in [0.4, 0.5) is 10.5 Å². The molecule has 0 saturated carbocycles. The molecular formula is C27H27N3O5. The Balaban J connectivity index is 1.44. The van der Waals surface area contributed by atoms with Gasteiger partial charge in [0.05, 0.1) is 11.3 Å². The van der Waals surface area contributed by atoms with E-state index < -0.39 is 24.0 Å². The number of benzene rings is 3. The normalized spacial score (nSPS) is 13.0. The van der Waals surface area contributed by atoms with Crippen LogP contribution >= 0.6 is 0 Å². The molecular weight excluding hydrogens is 446 g/mol. The van der Waals surface area contributed by atoms with E-state index in [9.17, 15) is 19.5 Å². The van der Waals surface area contributed by atoms with Crippen LogP contribution in [0.2, 0.25) is 0 Å². The summed E-state index contributed by atoms with van der Waals surface area (Å²) in [6.07, 6.45) is -0.722. The van der Waals surface area contributed by atoms with Crippen LogP contribution in [0.15, 0.2) is 72.8 Å². The molecule has 3 aromatic carbocycles. The molecule has 2 amide bonds. The lowest BCUT2D eigenvalue weighted by molar-refractivity contribution is -0.118. The van der Waals surface area contributed by atoms with Crippen molar-refractivity contribution in [1.82, 2.24) is 10.2 Å². The van der Waals surface area contributed by atoms with Crippen molar-refractivity contribution in [3.05, 3.63) is 89.5 Å². The predicted octanol–water partition coefficient (Wildman–Crippen LogP) is 3.79. The highest BCUT2D eigenvalue weighted by molar-refractivity contribution is 6.02. The summed E-state index contributed by atoms with van der Waals surface area (Å²) in [5.41, 5.74) is 4.55. The molecule has 3 N–H and O–H groups in total. The Bertz CT molecular complexity index is 1210. The van der Waals surface area contributed by atoms with Gasteiger partial charge < -0.3 is 25.4 Å². The number of carbonyl (C=O) groups excluding carboxylic acids is 2. The first-order chi connectivity index (χ1) is 16.8. The third kappa shape index (κ3) is 5.33. The fraction of sp³-hybridized carbons (Fsp3) is 0.222. The third-order valence-electron chi connectivity index (χ3n) is 5.92. The number of likely N-dealkylation sites (N-methyl/N-ethyl adjacent to an activating group) is 1. The second kappa shape index (κ2) is 10.4. The first kappa shape index (κ1) is 24.0. The molecule has 35 heavy (non-hydrogen) atoms. The van der Waals surface area contributed by atoms with Gasteiger partial charge in [-0.1, -0.05) is 60.7 Å². The minimum absolute atomic E-state index is 0.0365. The van der Waals surface area contributed by atoms with Crippen molar-refractivity contribution < 1.29 is 24.2 Å². The summed E-state index contributed by atoms with van der Waals surface area (Å²) < 4.78 is 5.57.